The van der Waals surface area contributed by atoms with E-state index in [0.717, 1.165) is 66.4 Å². The highest BCUT2D eigenvalue weighted by Crippen LogP contribution is 2.35. The van der Waals surface area contributed by atoms with E-state index < -0.39 is 0 Å². The molecule has 4 aromatic heterocycles. The number of nitrogens with one attached hydrogen (secondary N) is 2. The average molecular weight is 625 g/mol. The molecule has 0 radical (unpaired) electrons. The van der Waals surface area contributed by atoms with Crippen LogP contribution < -0.4 is 15.4 Å². The first kappa shape index (κ1) is 29.0. The summed E-state index contributed by atoms with van der Waals surface area (Å²) in [4.78, 5) is 38.9. The maximum atomic E-state index is 12.6. The molecule has 45 heavy (non-hydrogen) atoms. The minimum Gasteiger partial charge on any atom is -0.474 e. The maximum Gasteiger partial charge on any atom is 0.266 e. The molecule has 230 valence electrons. The Bertz CT molecular complexity index is 1880. The molecule has 0 spiro atoms. The molecule has 2 aliphatic rings. The number of hydrogen-bond donors (Lipinski definition) is 2. The van der Waals surface area contributed by atoms with Crippen LogP contribution in [-0.2, 0) is 29.0 Å². The zero-order valence-corrected chi connectivity index (χ0v) is 25.6. The lowest BCUT2D eigenvalue weighted by Gasteiger charge is -2.20. The first-order valence-corrected chi connectivity index (χ1v) is 15.9. The largest absolute Gasteiger partial charge is 0.474 e. The average Bonchev–Trinajstić information content (AvgIpc) is 3.68. The molecule has 13 heteroatoms. The number of para-hydroxylation sites is 1. The lowest BCUT2D eigenvalue weighted by atomic mass is 9.93. The summed E-state index contributed by atoms with van der Waals surface area (Å²) in [5, 5.41) is 15.9. The van der Waals surface area contributed by atoms with Crippen molar-refractivity contribution in [1.29, 1.82) is 0 Å². The summed E-state index contributed by atoms with van der Waals surface area (Å²) in [6.07, 6.45) is 9.55. The Morgan fingerprint density at radius 3 is 2.82 bits per heavy atom. The fourth-order valence-corrected chi connectivity index (χ4v) is 6.40. The summed E-state index contributed by atoms with van der Waals surface area (Å²) in [5.74, 6) is 0.412. The molecule has 2 aliphatic carbocycles. The van der Waals surface area contributed by atoms with Crippen LogP contribution in [0.5, 0.6) is 5.88 Å². The third-order valence-electron chi connectivity index (χ3n) is 7.86. The number of rotatable bonds is 11. The number of hydrogen-bond acceptors (Lipinski definition) is 10. The smallest absolute Gasteiger partial charge is 0.266 e. The van der Waals surface area contributed by atoms with E-state index in [1.165, 1.54) is 16.9 Å². The van der Waals surface area contributed by atoms with E-state index in [4.69, 9.17) is 14.5 Å². The molecule has 0 atom stereocenters. The van der Waals surface area contributed by atoms with E-state index in [9.17, 15) is 9.59 Å². The van der Waals surface area contributed by atoms with Gasteiger partial charge in [-0.2, -0.15) is 0 Å². The van der Waals surface area contributed by atoms with Crippen molar-refractivity contribution >= 4 is 39.9 Å². The zero-order chi connectivity index (χ0) is 30.8. The number of ether oxygens (including phenoxy) is 2. The lowest BCUT2D eigenvalue weighted by molar-refractivity contribution is -0.117. The Morgan fingerprint density at radius 1 is 1.09 bits per heavy atom. The molecule has 1 saturated carbocycles. The second-order valence-corrected chi connectivity index (χ2v) is 12.1. The molecule has 0 saturated heterocycles. The molecule has 0 unspecified atom stereocenters. The quantitative estimate of drug-likeness (QED) is 0.203. The number of anilines is 1. The van der Waals surface area contributed by atoms with Gasteiger partial charge in [-0.3, -0.25) is 14.6 Å². The Morgan fingerprint density at radius 2 is 1.96 bits per heavy atom. The number of pyridine rings is 2. The maximum absolute atomic E-state index is 12.6. The Hall–Kier alpha value is -4.75. The third-order valence-corrected chi connectivity index (χ3v) is 8.95. The van der Waals surface area contributed by atoms with Crippen molar-refractivity contribution in [1.82, 2.24) is 35.3 Å². The van der Waals surface area contributed by atoms with E-state index >= 15 is 0 Å². The van der Waals surface area contributed by atoms with Gasteiger partial charge in [0.25, 0.3) is 5.91 Å². The molecule has 1 fully saturated rings. The topological polar surface area (TPSA) is 146 Å². The van der Waals surface area contributed by atoms with Crippen molar-refractivity contribution in [2.24, 2.45) is 5.92 Å². The molecule has 0 aliphatic heterocycles. The number of nitrogens with zero attached hydrogens (tertiary/aromatic N) is 6. The van der Waals surface area contributed by atoms with Gasteiger partial charge in [0.2, 0.25) is 11.8 Å². The summed E-state index contributed by atoms with van der Waals surface area (Å²) in [6.45, 7) is 0.696. The number of thiazole rings is 1. The molecule has 0 bridgehead atoms. The van der Waals surface area contributed by atoms with Gasteiger partial charge in [0.15, 0.2) is 4.88 Å². The van der Waals surface area contributed by atoms with Crippen LogP contribution in [-0.4, -0.2) is 62.0 Å². The molecule has 2 N–H and O–H groups in total. The number of amides is 2. The normalized spacial score (nSPS) is 14.2. The van der Waals surface area contributed by atoms with Crippen LogP contribution in [0.1, 0.15) is 52.3 Å². The molecular weight excluding hydrogens is 592 g/mol. The van der Waals surface area contributed by atoms with Gasteiger partial charge in [-0.1, -0.05) is 23.4 Å². The molecule has 1 aromatic carbocycles. The number of carbonyl (C=O) groups excluding carboxylic acids is 2. The van der Waals surface area contributed by atoms with Gasteiger partial charge >= 0.3 is 0 Å². The molecular formula is C32H32N8O4S. The van der Waals surface area contributed by atoms with Crippen molar-refractivity contribution in [3.05, 3.63) is 70.6 Å². The number of aryl methyl sites for hydroxylation is 1. The van der Waals surface area contributed by atoms with Crippen LogP contribution in [0.15, 0.2) is 48.8 Å². The van der Waals surface area contributed by atoms with E-state index in [0.29, 0.717) is 21.4 Å². The summed E-state index contributed by atoms with van der Waals surface area (Å²) >= 11 is 1.21. The Labute approximate surface area is 263 Å². The van der Waals surface area contributed by atoms with E-state index in [1.807, 2.05) is 29.1 Å². The zero-order valence-electron chi connectivity index (χ0n) is 24.8. The highest BCUT2D eigenvalue weighted by molar-refractivity contribution is 7.17. The van der Waals surface area contributed by atoms with Crippen molar-refractivity contribution in [3.63, 3.8) is 0 Å². The van der Waals surface area contributed by atoms with Crippen LogP contribution in [0.3, 0.4) is 0 Å². The SMILES string of the molecule is CNC(=O)c1sc(-c2ccnc(NC(=O)C3CC3)c2)nc1OCCOCc1cn(-c2c3c(nc4ccccc24)CCCC3)nn1. The van der Waals surface area contributed by atoms with Crippen LogP contribution >= 0.6 is 11.3 Å². The van der Waals surface area contributed by atoms with E-state index in [2.05, 4.69) is 37.0 Å². The summed E-state index contributed by atoms with van der Waals surface area (Å²) < 4.78 is 13.6. The molecule has 5 aromatic rings. The first-order chi connectivity index (χ1) is 22.1. The van der Waals surface area contributed by atoms with E-state index in [-0.39, 0.29) is 43.4 Å². The predicted octanol–water partition coefficient (Wildman–Crippen LogP) is 4.52. The standard InChI is InChI=1S/C32H32N8O4S/c1-33-30(42)28-31(37-32(45-28)20-12-13-34-26(16-20)36-29(41)19-10-11-19)44-15-14-43-18-21-17-40(39-38-21)27-22-6-2-4-8-24(22)35-25-9-5-3-7-23(25)27/h2,4,6,8,12-13,16-17,19H,3,5,7,9-11,14-15,18H2,1H3,(H,33,42)(H,34,36,41). The van der Waals surface area contributed by atoms with Crippen LogP contribution in [0.2, 0.25) is 0 Å². The summed E-state index contributed by atoms with van der Waals surface area (Å²) in [6, 6.07) is 11.7. The molecule has 7 rings (SSSR count). The number of carbonyl (C=O) groups is 2. The Balaban J connectivity index is 0.997. The van der Waals surface area contributed by atoms with Crippen molar-refractivity contribution in [2.75, 3.05) is 25.6 Å². The van der Waals surface area contributed by atoms with Gasteiger partial charge in [0.05, 0.1) is 30.6 Å². The lowest BCUT2D eigenvalue weighted by Crippen LogP contribution is -2.18. The minimum absolute atomic E-state index is 0.0267. The number of fused-ring (bicyclic) bond motifs is 2. The molecule has 12 nitrogen and oxygen atoms in total. The van der Waals surface area contributed by atoms with Crippen LogP contribution in [0.25, 0.3) is 27.2 Å². The monoisotopic (exact) mass is 624 g/mol. The van der Waals surface area contributed by atoms with Gasteiger partial charge in [-0.05, 0) is 56.7 Å². The van der Waals surface area contributed by atoms with Gasteiger partial charge in [0.1, 0.15) is 23.1 Å². The van der Waals surface area contributed by atoms with Crippen LogP contribution in [0.4, 0.5) is 5.82 Å². The fraction of sp³-hybridized carbons (Fsp3) is 0.344. The molecule has 2 amide bonds. The summed E-state index contributed by atoms with van der Waals surface area (Å²) in [5.41, 5.74) is 5.82. The second kappa shape index (κ2) is 12.7. The Kier molecular flexibility index (Phi) is 8.18. The third kappa shape index (κ3) is 6.26. The van der Waals surface area contributed by atoms with Crippen LogP contribution in [0, 0.1) is 5.92 Å². The first-order valence-electron chi connectivity index (χ1n) is 15.1. The van der Waals surface area contributed by atoms with Crippen molar-refractivity contribution in [2.45, 2.75) is 45.1 Å². The highest BCUT2D eigenvalue weighted by atomic mass is 32.1. The molecule has 4 heterocycles. The highest BCUT2D eigenvalue weighted by Gasteiger charge is 2.30. The number of aromatic nitrogens is 6. The van der Waals surface area contributed by atoms with E-state index in [1.54, 1.807) is 25.4 Å². The number of benzene rings is 1. The van der Waals surface area contributed by atoms with Gasteiger partial charge in [-0.25, -0.2) is 14.6 Å². The second-order valence-electron chi connectivity index (χ2n) is 11.1. The van der Waals surface area contributed by atoms with Gasteiger partial charge < -0.3 is 20.1 Å². The minimum atomic E-state index is -0.298. The van der Waals surface area contributed by atoms with Gasteiger partial charge in [0, 0.05) is 41.4 Å². The van der Waals surface area contributed by atoms with Crippen molar-refractivity contribution < 1.29 is 19.1 Å². The van der Waals surface area contributed by atoms with Crippen molar-refractivity contribution in [3.8, 4) is 22.1 Å². The summed E-state index contributed by atoms with van der Waals surface area (Å²) in [7, 11) is 1.56. The van der Waals surface area contributed by atoms with Gasteiger partial charge in [-0.15, -0.1) is 16.4 Å². The predicted molar refractivity (Wildman–Crippen MR) is 169 cm³/mol. The fourth-order valence-electron chi connectivity index (χ4n) is 5.45.